The molecule has 0 saturated carbocycles. The summed E-state index contributed by atoms with van der Waals surface area (Å²) < 4.78 is 0. The minimum absolute atomic E-state index is 0.242. The predicted molar refractivity (Wildman–Crippen MR) is 104 cm³/mol. The molecule has 0 aliphatic rings. The monoisotopic (exact) mass is 348 g/mol. The standard InChI is InChI=1S/C21H24N4O/c1-12-7-8-18(14(3)9-12)25-23-17(6)20(24-25)21(26)22-19-15(4)10-13(2)11-16(19)5/h7-11H,1-6H3,(H,22,26). The van der Waals surface area contributed by atoms with Crippen molar-refractivity contribution in [1.82, 2.24) is 15.0 Å². The number of benzene rings is 2. The van der Waals surface area contributed by atoms with Crippen LogP contribution in [0.3, 0.4) is 0 Å². The normalized spacial score (nSPS) is 10.8. The van der Waals surface area contributed by atoms with Gasteiger partial charge in [0.15, 0.2) is 5.69 Å². The number of rotatable bonds is 3. The Bertz CT molecular complexity index is 978. The number of amides is 1. The first kappa shape index (κ1) is 17.9. The second-order valence-electron chi connectivity index (χ2n) is 6.94. The van der Waals surface area contributed by atoms with Crippen molar-refractivity contribution in [1.29, 1.82) is 0 Å². The average molecular weight is 348 g/mol. The van der Waals surface area contributed by atoms with Gasteiger partial charge in [0.05, 0.1) is 11.4 Å². The number of hydrogen-bond donors (Lipinski definition) is 1. The molecule has 5 heteroatoms. The zero-order valence-corrected chi connectivity index (χ0v) is 16.1. The minimum atomic E-state index is -0.242. The van der Waals surface area contributed by atoms with Crippen LogP contribution in [0.1, 0.15) is 44.0 Å². The van der Waals surface area contributed by atoms with Gasteiger partial charge >= 0.3 is 0 Å². The van der Waals surface area contributed by atoms with E-state index < -0.39 is 0 Å². The number of aromatic nitrogens is 3. The SMILES string of the molecule is Cc1ccc(-n2nc(C)c(C(=O)Nc3c(C)cc(C)cc3C)n2)c(C)c1. The summed E-state index contributed by atoms with van der Waals surface area (Å²) >= 11 is 0. The van der Waals surface area contributed by atoms with Crippen LogP contribution >= 0.6 is 0 Å². The van der Waals surface area contributed by atoms with Gasteiger partial charge in [0.2, 0.25) is 0 Å². The molecule has 0 aliphatic heterocycles. The third-order valence-corrected chi connectivity index (χ3v) is 4.48. The van der Waals surface area contributed by atoms with Crippen molar-refractivity contribution in [3.63, 3.8) is 0 Å². The third kappa shape index (κ3) is 3.38. The van der Waals surface area contributed by atoms with E-state index in [2.05, 4.69) is 33.7 Å². The van der Waals surface area contributed by atoms with Gasteiger partial charge in [0, 0.05) is 5.69 Å². The van der Waals surface area contributed by atoms with Crippen LogP contribution in [-0.2, 0) is 0 Å². The minimum Gasteiger partial charge on any atom is -0.320 e. The van der Waals surface area contributed by atoms with Crippen molar-refractivity contribution in [2.45, 2.75) is 41.5 Å². The summed E-state index contributed by atoms with van der Waals surface area (Å²) in [6.45, 7) is 11.9. The van der Waals surface area contributed by atoms with Gasteiger partial charge in [0.25, 0.3) is 5.91 Å². The Labute approximate surface area is 154 Å². The average Bonchev–Trinajstić information content (AvgIpc) is 2.92. The first-order valence-electron chi connectivity index (χ1n) is 8.67. The Kier molecular flexibility index (Phi) is 4.64. The van der Waals surface area contributed by atoms with E-state index in [4.69, 9.17) is 0 Å². The van der Waals surface area contributed by atoms with Crippen LogP contribution in [0.5, 0.6) is 0 Å². The molecule has 5 nitrogen and oxygen atoms in total. The summed E-state index contributed by atoms with van der Waals surface area (Å²) in [5.74, 6) is -0.242. The van der Waals surface area contributed by atoms with E-state index in [0.29, 0.717) is 11.4 Å². The van der Waals surface area contributed by atoms with Gasteiger partial charge in [0.1, 0.15) is 0 Å². The summed E-state index contributed by atoms with van der Waals surface area (Å²) in [5, 5.41) is 11.9. The lowest BCUT2D eigenvalue weighted by molar-refractivity contribution is 0.102. The van der Waals surface area contributed by atoms with E-state index in [-0.39, 0.29) is 5.91 Å². The van der Waals surface area contributed by atoms with Crippen LogP contribution in [0.25, 0.3) is 5.69 Å². The summed E-state index contributed by atoms with van der Waals surface area (Å²) in [6, 6.07) is 10.2. The molecular weight excluding hydrogens is 324 g/mol. The van der Waals surface area contributed by atoms with Crippen LogP contribution in [-0.4, -0.2) is 20.9 Å². The maximum absolute atomic E-state index is 12.8. The number of nitrogens with zero attached hydrogens (tertiary/aromatic N) is 3. The number of nitrogens with one attached hydrogen (secondary N) is 1. The summed E-state index contributed by atoms with van der Waals surface area (Å²) in [4.78, 5) is 14.3. The number of anilines is 1. The second kappa shape index (κ2) is 6.75. The molecule has 0 aliphatic carbocycles. The highest BCUT2D eigenvalue weighted by Gasteiger charge is 2.18. The van der Waals surface area contributed by atoms with E-state index in [1.807, 2.05) is 46.8 Å². The Morgan fingerprint density at radius 2 is 1.46 bits per heavy atom. The maximum Gasteiger partial charge on any atom is 0.278 e. The lowest BCUT2D eigenvalue weighted by Gasteiger charge is -2.12. The Hall–Kier alpha value is -2.95. The molecule has 0 radical (unpaired) electrons. The van der Waals surface area contributed by atoms with Gasteiger partial charge in [-0.1, -0.05) is 35.4 Å². The molecule has 1 amide bonds. The van der Waals surface area contributed by atoms with Crippen molar-refractivity contribution in [3.05, 3.63) is 69.5 Å². The lowest BCUT2D eigenvalue weighted by Crippen LogP contribution is -2.16. The molecule has 0 bridgehead atoms. The fourth-order valence-electron chi connectivity index (χ4n) is 3.28. The number of carbonyl (C=O) groups excluding carboxylic acids is 1. The second-order valence-corrected chi connectivity index (χ2v) is 6.94. The predicted octanol–water partition coefficient (Wildman–Crippen LogP) is 4.37. The van der Waals surface area contributed by atoms with Gasteiger partial charge in [-0.15, -0.1) is 5.10 Å². The van der Waals surface area contributed by atoms with E-state index in [0.717, 1.165) is 28.1 Å². The van der Waals surface area contributed by atoms with Crippen LogP contribution in [0.4, 0.5) is 5.69 Å². The molecule has 1 N–H and O–H groups in total. The Balaban J connectivity index is 1.93. The van der Waals surface area contributed by atoms with Gasteiger partial charge in [-0.3, -0.25) is 4.79 Å². The number of aryl methyl sites for hydroxylation is 6. The molecular formula is C21H24N4O. The van der Waals surface area contributed by atoms with Crippen LogP contribution in [0.2, 0.25) is 0 Å². The highest BCUT2D eigenvalue weighted by Crippen LogP contribution is 2.23. The fourth-order valence-corrected chi connectivity index (χ4v) is 3.28. The Morgan fingerprint density at radius 1 is 0.846 bits per heavy atom. The van der Waals surface area contributed by atoms with Crippen LogP contribution in [0.15, 0.2) is 30.3 Å². The topological polar surface area (TPSA) is 59.8 Å². The molecule has 2 aromatic carbocycles. The van der Waals surface area contributed by atoms with E-state index in [1.54, 1.807) is 6.92 Å². The molecule has 1 aromatic heterocycles. The maximum atomic E-state index is 12.8. The third-order valence-electron chi connectivity index (χ3n) is 4.48. The molecule has 3 rings (SSSR count). The fraction of sp³-hybridized carbons (Fsp3) is 0.286. The molecule has 0 unspecified atom stereocenters. The molecule has 0 saturated heterocycles. The summed E-state index contributed by atoms with van der Waals surface area (Å²) in [7, 11) is 0. The number of carbonyl (C=O) groups is 1. The van der Waals surface area contributed by atoms with Crippen molar-refractivity contribution in [2.24, 2.45) is 0 Å². The molecule has 0 atom stereocenters. The largest absolute Gasteiger partial charge is 0.320 e. The molecule has 0 fully saturated rings. The van der Waals surface area contributed by atoms with Gasteiger partial charge in [-0.2, -0.15) is 9.90 Å². The van der Waals surface area contributed by atoms with Crippen LogP contribution < -0.4 is 5.32 Å². The molecule has 3 aromatic rings. The molecule has 134 valence electrons. The smallest absolute Gasteiger partial charge is 0.278 e. The highest BCUT2D eigenvalue weighted by molar-refractivity contribution is 6.04. The zero-order valence-electron chi connectivity index (χ0n) is 16.1. The van der Waals surface area contributed by atoms with Crippen molar-refractivity contribution < 1.29 is 4.79 Å². The Morgan fingerprint density at radius 3 is 2.08 bits per heavy atom. The van der Waals surface area contributed by atoms with Gasteiger partial charge in [-0.05, 0) is 64.3 Å². The van der Waals surface area contributed by atoms with Crippen molar-refractivity contribution in [2.75, 3.05) is 5.32 Å². The van der Waals surface area contributed by atoms with E-state index in [1.165, 1.54) is 15.9 Å². The first-order chi connectivity index (χ1) is 12.3. The number of hydrogen-bond acceptors (Lipinski definition) is 3. The van der Waals surface area contributed by atoms with Crippen LogP contribution in [0, 0.1) is 41.5 Å². The highest BCUT2D eigenvalue weighted by atomic mass is 16.2. The van der Waals surface area contributed by atoms with E-state index in [9.17, 15) is 4.79 Å². The molecule has 26 heavy (non-hydrogen) atoms. The summed E-state index contributed by atoms with van der Waals surface area (Å²) in [5.41, 5.74) is 8.15. The zero-order chi connectivity index (χ0) is 19.0. The quantitative estimate of drug-likeness (QED) is 0.764. The van der Waals surface area contributed by atoms with E-state index >= 15 is 0 Å². The van der Waals surface area contributed by atoms with Gasteiger partial charge in [-0.25, -0.2) is 0 Å². The lowest BCUT2D eigenvalue weighted by atomic mass is 10.0. The first-order valence-corrected chi connectivity index (χ1v) is 8.67. The van der Waals surface area contributed by atoms with Gasteiger partial charge < -0.3 is 5.32 Å². The van der Waals surface area contributed by atoms with Crippen molar-refractivity contribution >= 4 is 11.6 Å². The van der Waals surface area contributed by atoms with Crippen molar-refractivity contribution in [3.8, 4) is 5.69 Å². The summed E-state index contributed by atoms with van der Waals surface area (Å²) in [6.07, 6.45) is 0. The molecule has 1 heterocycles. The molecule has 0 spiro atoms.